The molecule has 2 N–H and O–H groups in total. The van der Waals surface area contributed by atoms with Crippen molar-refractivity contribution in [2.24, 2.45) is 5.41 Å². The third-order valence-corrected chi connectivity index (χ3v) is 3.49. The van der Waals surface area contributed by atoms with E-state index in [0.717, 1.165) is 0 Å². The van der Waals surface area contributed by atoms with Gasteiger partial charge in [0.2, 0.25) is 0 Å². The summed E-state index contributed by atoms with van der Waals surface area (Å²) in [5.41, 5.74) is -1.29. The third-order valence-electron chi connectivity index (χ3n) is 3.49. The summed E-state index contributed by atoms with van der Waals surface area (Å²) in [4.78, 5) is 23.5. The average Bonchev–Trinajstić information content (AvgIpc) is 2.40. The van der Waals surface area contributed by atoms with Gasteiger partial charge >= 0.3 is 17.9 Å². The molecule has 0 aliphatic heterocycles. The number of rotatable bonds is 8. The number of hydrogen-bond donors (Lipinski definition) is 2. The van der Waals surface area contributed by atoms with E-state index in [4.69, 9.17) is 9.47 Å². The Kier molecular flexibility index (Phi) is 6.79. The summed E-state index contributed by atoms with van der Waals surface area (Å²) in [6.07, 6.45) is 0.423. The van der Waals surface area contributed by atoms with Gasteiger partial charge in [0.05, 0.1) is 12.0 Å². The molecule has 0 radical (unpaired) electrons. The lowest BCUT2D eigenvalue weighted by molar-refractivity contribution is -0.381. The van der Waals surface area contributed by atoms with E-state index in [-0.39, 0.29) is 24.0 Å². The third kappa shape index (κ3) is 4.15. The van der Waals surface area contributed by atoms with Crippen molar-refractivity contribution in [1.82, 2.24) is 0 Å². The lowest BCUT2D eigenvalue weighted by atomic mass is 9.80. The second-order valence-corrected chi connectivity index (χ2v) is 5.07. The monoisotopic (exact) mass is 300 g/mol. The van der Waals surface area contributed by atoms with E-state index in [1.54, 1.807) is 13.8 Å². The first-order chi connectivity index (χ1) is 9.59. The predicted octanol–water partition coefficient (Wildman–Crippen LogP) is 1.67. The van der Waals surface area contributed by atoms with Crippen molar-refractivity contribution < 1.29 is 29.3 Å². The summed E-state index contributed by atoms with van der Waals surface area (Å²) in [5.74, 6) is -4.45. The van der Waals surface area contributed by atoms with Crippen molar-refractivity contribution in [1.29, 1.82) is 0 Å². The van der Waals surface area contributed by atoms with Crippen LogP contribution >= 0.6 is 0 Å². The number of esters is 2. The van der Waals surface area contributed by atoms with Crippen molar-refractivity contribution >= 4 is 11.9 Å². The highest BCUT2D eigenvalue weighted by Crippen LogP contribution is 2.41. The summed E-state index contributed by atoms with van der Waals surface area (Å²) in [6.45, 7) is 12.4. The van der Waals surface area contributed by atoms with Crippen LogP contribution in [0.15, 0.2) is 24.3 Å². The normalized spacial score (nSPS) is 11.7. The van der Waals surface area contributed by atoms with Crippen molar-refractivity contribution in [3.05, 3.63) is 24.3 Å². The van der Waals surface area contributed by atoms with Crippen LogP contribution in [0.1, 0.15) is 40.5 Å². The minimum Gasteiger partial charge on any atom is -0.395 e. The van der Waals surface area contributed by atoms with Gasteiger partial charge in [0.15, 0.2) is 0 Å². The molecule has 0 unspecified atom stereocenters. The second-order valence-electron chi connectivity index (χ2n) is 5.07. The Labute approximate surface area is 125 Å². The van der Waals surface area contributed by atoms with Gasteiger partial charge in [-0.25, -0.2) is 9.59 Å². The molecular formula is C15H24O6. The molecular weight excluding hydrogens is 276 g/mol. The van der Waals surface area contributed by atoms with E-state index in [9.17, 15) is 19.8 Å². The first-order valence-electron chi connectivity index (χ1n) is 6.70. The van der Waals surface area contributed by atoms with E-state index in [0.29, 0.717) is 0 Å². The highest BCUT2D eigenvalue weighted by Gasteiger charge is 2.55. The fraction of sp³-hybridized carbons (Fsp3) is 0.600. The molecule has 120 valence electrons. The molecule has 0 fully saturated rings. The van der Waals surface area contributed by atoms with Crippen molar-refractivity contribution in [3.8, 4) is 0 Å². The van der Waals surface area contributed by atoms with Crippen LogP contribution in [0.4, 0.5) is 0 Å². The van der Waals surface area contributed by atoms with Gasteiger partial charge in [0.1, 0.15) is 0 Å². The molecule has 0 saturated carbocycles. The maximum Gasteiger partial charge on any atom is 0.381 e. The van der Waals surface area contributed by atoms with Crippen LogP contribution in [0.3, 0.4) is 0 Å². The number of hydrogen-bond acceptors (Lipinski definition) is 6. The van der Waals surface area contributed by atoms with Crippen LogP contribution in [-0.4, -0.2) is 34.7 Å². The Morgan fingerprint density at radius 2 is 1.33 bits per heavy atom. The topological polar surface area (TPSA) is 93.1 Å². The van der Waals surface area contributed by atoms with Gasteiger partial charge in [-0.3, -0.25) is 0 Å². The van der Waals surface area contributed by atoms with E-state index >= 15 is 0 Å². The molecule has 0 heterocycles. The fourth-order valence-corrected chi connectivity index (χ4v) is 1.68. The molecule has 0 rings (SSSR count). The molecule has 6 heteroatoms. The predicted molar refractivity (Wildman–Crippen MR) is 76.9 cm³/mol. The molecule has 0 aromatic rings. The Balaban J connectivity index is 5.73. The lowest BCUT2D eigenvalue weighted by Crippen LogP contribution is -2.56. The van der Waals surface area contributed by atoms with Gasteiger partial charge in [-0.2, -0.15) is 0 Å². The number of carbonyl (C=O) groups excluding carboxylic acids is 2. The largest absolute Gasteiger partial charge is 0.395 e. The molecule has 21 heavy (non-hydrogen) atoms. The minimum atomic E-state index is -2.60. The number of aliphatic hydroxyl groups is 2. The molecule has 0 aromatic heterocycles. The van der Waals surface area contributed by atoms with E-state index in [1.165, 1.54) is 13.8 Å². The summed E-state index contributed by atoms with van der Waals surface area (Å²) < 4.78 is 9.86. The summed E-state index contributed by atoms with van der Waals surface area (Å²) >= 11 is 0. The SMILES string of the molecule is C=C(C)C(=O)OC(O)(OC(=O)C(=C)C)C(CC)(CC)CO. The number of carbonyl (C=O) groups is 2. The van der Waals surface area contributed by atoms with Crippen LogP contribution in [0.25, 0.3) is 0 Å². The Hall–Kier alpha value is -1.66. The first kappa shape index (κ1) is 19.3. The molecule has 6 nitrogen and oxygen atoms in total. The number of aliphatic hydroxyl groups excluding tert-OH is 1. The van der Waals surface area contributed by atoms with E-state index in [1.807, 2.05) is 0 Å². The second kappa shape index (κ2) is 7.38. The highest BCUT2D eigenvalue weighted by molar-refractivity contribution is 5.89. The minimum absolute atomic E-state index is 0.0267. The zero-order chi connectivity index (χ0) is 16.8. The van der Waals surface area contributed by atoms with Crippen LogP contribution in [0.5, 0.6) is 0 Å². The van der Waals surface area contributed by atoms with Gasteiger partial charge in [-0.1, -0.05) is 27.0 Å². The van der Waals surface area contributed by atoms with Gasteiger partial charge in [-0.05, 0) is 26.7 Å². The molecule has 0 aliphatic rings. The molecule has 0 atom stereocenters. The Morgan fingerprint density at radius 1 is 1.00 bits per heavy atom. The molecule has 0 spiro atoms. The Bertz CT molecular complexity index is 397. The summed E-state index contributed by atoms with van der Waals surface area (Å²) in [7, 11) is 0. The molecule has 0 saturated heterocycles. The zero-order valence-electron chi connectivity index (χ0n) is 13.1. The lowest BCUT2D eigenvalue weighted by Gasteiger charge is -2.42. The van der Waals surface area contributed by atoms with Crippen LogP contribution in [0.2, 0.25) is 0 Å². The number of ether oxygens (including phenoxy) is 2. The standard InChI is InChI=1S/C15H24O6/c1-7-14(8-2,9-16)15(19,20-12(17)10(3)4)21-13(18)11(5)6/h16,19H,3,5,7-9H2,1-2,4,6H3. The summed E-state index contributed by atoms with van der Waals surface area (Å²) in [5, 5.41) is 20.3. The first-order valence-corrected chi connectivity index (χ1v) is 6.70. The molecule has 0 aromatic carbocycles. The molecule has 0 amide bonds. The maximum absolute atomic E-state index is 11.7. The zero-order valence-corrected chi connectivity index (χ0v) is 13.1. The van der Waals surface area contributed by atoms with Crippen LogP contribution < -0.4 is 0 Å². The molecule has 0 bridgehead atoms. The van der Waals surface area contributed by atoms with Gasteiger partial charge in [0, 0.05) is 11.1 Å². The average molecular weight is 300 g/mol. The van der Waals surface area contributed by atoms with E-state index in [2.05, 4.69) is 13.2 Å². The van der Waals surface area contributed by atoms with Crippen LogP contribution in [0, 0.1) is 5.41 Å². The fourth-order valence-electron chi connectivity index (χ4n) is 1.68. The van der Waals surface area contributed by atoms with Gasteiger partial charge < -0.3 is 19.7 Å². The Morgan fingerprint density at radius 3 is 1.52 bits per heavy atom. The summed E-state index contributed by atoms with van der Waals surface area (Å²) in [6, 6.07) is 0. The highest BCUT2D eigenvalue weighted by atomic mass is 16.8. The van der Waals surface area contributed by atoms with Gasteiger partial charge in [-0.15, -0.1) is 0 Å². The van der Waals surface area contributed by atoms with Crippen molar-refractivity contribution in [3.63, 3.8) is 0 Å². The maximum atomic E-state index is 11.7. The van der Waals surface area contributed by atoms with E-state index < -0.39 is 29.9 Å². The van der Waals surface area contributed by atoms with Crippen molar-refractivity contribution in [2.75, 3.05) is 6.61 Å². The molecule has 0 aliphatic carbocycles. The van der Waals surface area contributed by atoms with Crippen LogP contribution in [-0.2, 0) is 19.1 Å². The van der Waals surface area contributed by atoms with Crippen molar-refractivity contribution in [2.45, 2.75) is 46.5 Å². The smallest absolute Gasteiger partial charge is 0.381 e. The van der Waals surface area contributed by atoms with Gasteiger partial charge in [0.25, 0.3) is 0 Å². The quantitative estimate of drug-likeness (QED) is 0.402.